The van der Waals surface area contributed by atoms with Crippen molar-refractivity contribution in [2.45, 2.75) is 13.2 Å². The fourth-order valence-corrected chi connectivity index (χ4v) is 2.65. The van der Waals surface area contributed by atoms with Crippen molar-refractivity contribution in [3.05, 3.63) is 62.5 Å². The number of carboxylic acids is 1. The van der Waals surface area contributed by atoms with Gasteiger partial charge < -0.3 is 19.1 Å². The second-order valence-electron chi connectivity index (χ2n) is 4.82. The Morgan fingerprint density at radius 3 is 3.00 bits per heavy atom. The number of rotatable bonds is 3. The topological polar surface area (TPSA) is 77.8 Å². The summed E-state index contributed by atoms with van der Waals surface area (Å²) in [7, 11) is 0. The number of hydrogen-bond donors (Lipinski definition) is 1. The van der Waals surface area contributed by atoms with Gasteiger partial charge >= 0.3 is 5.97 Å². The minimum absolute atomic E-state index is 0.131. The van der Waals surface area contributed by atoms with E-state index in [0.29, 0.717) is 22.9 Å². The third kappa shape index (κ3) is 2.70. The van der Waals surface area contributed by atoms with Gasteiger partial charge in [0.2, 0.25) is 0 Å². The van der Waals surface area contributed by atoms with Gasteiger partial charge in [-0.1, -0.05) is 11.6 Å². The maximum Gasteiger partial charge on any atom is 0.341 e. The van der Waals surface area contributed by atoms with Gasteiger partial charge in [0, 0.05) is 22.3 Å². The van der Waals surface area contributed by atoms with Gasteiger partial charge in [0.1, 0.15) is 11.3 Å². The molecule has 0 saturated heterocycles. The summed E-state index contributed by atoms with van der Waals surface area (Å²) in [6, 6.07) is 6.24. The standard InChI is InChI=1S/C15H12ClNO5/c16-11-4-9(13-10(5-11)7-21-8-22-13)6-17-3-1-2-12(14(17)18)15(19)20/h1-5H,6-8H2,(H,19,20). The first-order chi connectivity index (χ1) is 10.6. The first-order valence-electron chi connectivity index (χ1n) is 6.51. The van der Waals surface area contributed by atoms with Gasteiger partial charge in [-0.3, -0.25) is 4.79 Å². The van der Waals surface area contributed by atoms with Gasteiger partial charge in [-0.05, 0) is 24.3 Å². The van der Waals surface area contributed by atoms with Crippen LogP contribution in [0.2, 0.25) is 5.02 Å². The number of ether oxygens (including phenoxy) is 2. The molecule has 1 aliphatic heterocycles. The summed E-state index contributed by atoms with van der Waals surface area (Å²) in [5, 5.41) is 9.52. The molecule has 22 heavy (non-hydrogen) atoms. The van der Waals surface area contributed by atoms with Crippen LogP contribution >= 0.6 is 11.6 Å². The Balaban J connectivity index is 2.04. The molecule has 7 heteroatoms. The van der Waals surface area contributed by atoms with Gasteiger partial charge in [0.25, 0.3) is 5.56 Å². The summed E-state index contributed by atoms with van der Waals surface area (Å²) in [4.78, 5) is 23.2. The number of aromatic nitrogens is 1. The Morgan fingerprint density at radius 2 is 2.23 bits per heavy atom. The number of hydrogen-bond acceptors (Lipinski definition) is 4. The molecule has 1 aromatic carbocycles. The lowest BCUT2D eigenvalue weighted by atomic mass is 10.1. The molecule has 0 bridgehead atoms. The predicted molar refractivity (Wildman–Crippen MR) is 78.5 cm³/mol. The van der Waals surface area contributed by atoms with E-state index in [-0.39, 0.29) is 18.9 Å². The maximum atomic E-state index is 12.2. The van der Waals surface area contributed by atoms with Crippen LogP contribution in [0.3, 0.4) is 0 Å². The lowest BCUT2D eigenvalue weighted by Gasteiger charge is -2.21. The third-order valence-corrected chi connectivity index (χ3v) is 3.56. The van der Waals surface area contributed by atoms with E-state index in [2.05, 4.69) is 0 Å². The Kier molecular flexibility index (Phi) is 3.87. The van der Waals surface area contributed by atoms with Crippen LogP contribution in [-0.4, -0.2) is 22.4 Å². The fraction of sp³-hybridized carbons (Fsp3) is 0.200. The normalized spacial score (nSPS) is 13.3. The highest BCUT2D eigenvalue weighted by Gasteiger charge is 2.18. The molecule has 0 atom stereocenters. The lowest BCUT2D eigenvalue weighted by Crippen LogP contribution is -2.26. The molecule has 0 radical (unpaired) electrons. The predicted octanol–water partition coefficient (Wildman–Crippen LogP) is 2.11. The van der Waals surface area contributed by atoms with Gasteiger partial charge in [0.15, 0.2) is 6.79 Å². The zero-order chi connectivity index (χ0) is 15.7. The number of pyridine rings is 1. The van der Waals surface area contributed by atoms with E-state index in [1.807, 2.05) is 0 Å². The Hall–Kier alpha value is -2.31. The molecule has 114 valence electrons. The third-order valence-electron chi connectivity index (χ3n) is 3.34. The molecule has 0 saturated carbocycles. The quantitative estimate of drug-likeness (QED) is 0.937. The zero-order valence-corrected chi connectivity index (χ0v) is 12.2. The first-order valence-corrected chi connectivity index (χ1v) is 6.88. The molecule has 0 amide bonds. The lowest BCUT2D eigenvalue weighted by molar-refractivity contribution is -0.0170. The molecule has 2 heterocycles. The van der Waals surface area contributed by atoms with E-state index in [1.54, 1.807) is 12.1 Å². The summed E-state index contributed by atoms with van der Waals surface area (Å²) < 4.78 is 12.0. The van der Waals surface area contributed by atoms with Crippen LogP contribution in [0.5, 0.6) is 5.75 Å². The largest absolute Gasteiger partial charge is 0.477 e. The molecule has 0 unspecified atom stereocenters. The number of nitrogens with zero attached hydrogens (tertiary/aromatic N) is 1. The van der Waals surface area contributed by atoms with Crippen molar-refractivity contribution in [2.75, 3.05) is 6.79 Å². The fourth-order valence-electron chi connectivity index (χ4n) is 2.38. The number of carboxylic acid groups (broad SMARTS) is 1. The minimum Gasteiger partial charge on any atom is -0.477 e. The monoisotopic (exact) mass is 321 g/mol. The number of benzene rings is 1. The van der Waals surface area contributed by atoms with Crippen LogP contribution in [-0.2, 0) is 17.9 Å². The number of carbonyl (C=O) groups is 1. The highest BCUT2D eigenvalue weighted by molar-refractivity contribution is 6.30. The van der Waals surface area contributed by atoms with Crippen LogP contribution in [0, 0.1) is 0 Å². The molecule has 1 aliphatic rings. The molecule has 3 rings (SSSR count). The highest BCUT2D eigenvalue weighted by Crippen LogP contribution is 2.31. The summed E-state index contributed by atoms with van der Waals surface area (Å²) in [6.07, 6.45) is 1.53. The Labute approximate surface area is 130 Å². The second kappa shape index (κ2) is 5.82. The van der Waals surface area contributed by atoms with Crippen LogP contribution in [0.25, 0.3) is 0 Å². The van der Waals surface area contributed by atoms with Gasteiger partial charge in [-0.2, -0.15) is 0 Å². The average Bonchev–Trinajstić information content (AvgIpc) is 2.49. The van der Waals surface area contributed by atoms with Crippen molar-refractivity contribution < 1.29 is 19.4 Å². The Morgan fingerprint density at radius 1 is 1.41 bits per heavy atom. The molecule has 0 spiro atoms. The van der Waals surface area contributed by atoms with Crippen molar-refractivity contribution in [3.8, 4) is 5.75 Å². The maximum absolute atomic E-state index is 12.2. The van der Waals surface area contributed by atoms with E-state index in [1.165, 1.54) is 22.9 Å². The summed E-state index contributed by atoms with van der Waals surface area (Å²) in [5.74, 6) is -0.625. The second-order valence-corrected chi connectivity index (χ2v) is 5.26. The summed E-state index contributed by atoms with van der Waals surface area (Å²) in [6.45, 7) is 0.682. The van der Waals surface area contributed by atoms with Crippen molar-refractivity contribution in [3.63, 3.8) is 0 Å². The van der Waals surface area contributed by atoms with Crippen molar-refractivity contribution >= 4 is 17.6 Å². The number of aromatic carboxylic acids is 1. The van der Waals surface area contributed by atoms with Crippen molar-refractivity contribution in [2.24, 2.45) is 0 Å². The molecule has 1 aromatic heterocycles. The van der Waals surface area contributed by atoms with Gasteiger partial charge in [-0.15, -0.1) is 0 Å². The smallest absolute Gasteiger partial charge is 0.341 e. The highest BCUT2D eigenvalue weighted by atomic mass is 35.5. The molecule has 2 aromatic rings. The minimum atomic E-state index is -1.25. The summed E-state index contributed by atoms with van der Waals surface area (Å²) in [5.41, 5.74) is 0.657. The van der Waals surface area contributed by atoms with E-state index >= 15 is 0 Å². The summed E-state index contributed by atoms with van der Waals surface area (Å²) >= 11 is 6.08. The number of fused-ring (bicyclic) bond motifs is 1. The van der Waals surface area contributed by atoms with E-state index < -0.39 is 11.5 Å². The van der Waals surface area contributed by atoms with E-state index in [9.17, 15) is 9.59 Å². The zero-order valence-electron chi connectivity index (χ0n) is 11.4. The molecular weight excluding hydrogens is 310 g/mol. The van der Waals surface area contributed by atoms with E-state index in [0.717, 1.165) is 5.56 Å². The van der Waals surface area contributed by atoms with Crippen LogP contribution in [0.1, 0.15) is 21.5 Å². The van der Waals surface area contributed by atoms with Gasteiger partial charge in [-0.25, -0.2) is 4.79 Å². The van der Waals surface area contributed by atoms with Crippen molar-refractivity contribution in [1.29, 1.82) is 0 Å². The first kappa shape index (κ1) is 14.6. The molecular formula is C15H12ClNO5. The van der Waals surface area contributed by atoms with Gasteiger partial charge in [0.05, 0.1) is 13.2 Å². The Bertz CT molecular complexity index is 799. The van der Waals surface area contributed by atoms with Crippen LogP contribution in [0.15, 0.2) is 35.3 Å². The molecule has 1 N–H and O–H groups in total. The number of halogens is 1. The van der Waals surface area contributed by atoms with Crippen LogP contribution in [0.4, 0.5) is 0 Å². The average molecular weight is 322 g/mol. The van der Waals surface area contributed by atoms with Crippen LogP contribution < -0.4 is 10.3 Å². The molecule has 0 aliphatic carbocycles. The van der Waals surface area contributed by atoms with Crippen molar-refractivity contribution in [1.82, 2.24) is 4.57 Å². The SMILES string of the molecule is O=C(O)c1cccn(Cc2cc(Cl)cc3c2OCOC3)c1=O. The molecule has 0 fully saturated rings. The van der Waals surface area contributed by atoms with E-state index in [4.69, 9.17) is 26.2 Å². The molecule has 6 nitrogen and oxygen atoms in total.